The van der Waals surface area contributed by atoms with Gasteiger partial charge in [0.15, 0.2) is 0 Å². The van der Waals surface area contributed by atoms with Gasteiger partial charge >= 0.3 is 0 Å². The number of carbonyl (C=O) groups is 2. The van der Waals surface area contributed by atoms with Crippen LogP contribution in [-0.4, -0.2) is 44.3 Å². The Morgan fingerprint density at radius 1 is 1.29 bits per heavy atom. The summed E-state index contributed by atoms with van der Waals surface area (Å²) < 4.78 is 1.80. The number of piperidine rings is 1. The lowest BCUT2D eigenvalue weighted by atomic mass is 9.96. The summed E-state index contributed by atoms with van der Waals surface area (Å²) in [5, 5.41) is 1.18. The van der Waals surface area contributed by atoms with Gasteiger partial charge in [0, 0.05) is 54.9 Å². The minimum atomic E-state index is -0.387. The Hall–Kier alpha value is -3.09. The standard InChI is InChI=1S/C21H25N5O2/c22-19(27)14-26-11-9-23-21(26)16-4-3-10-25(13-16)20(28)8-7-15-12-24-18-6-2-1-5-17(15)18/h1-2,5-6,9,11-12,16,24H,3-4,7-8,10,13-14H2,(H2,22,27). The van der Waals surface area contributed by atoms with Crippen molar-refractivity contribution < 1.29 is 9.59 Å². The van der Waals surface area contributed by atoms with Crippen LogP contribution in [0.4, 0.5) is 0 Å². The lowest BCUT2D eigenvalue weighted by molar-refractivity contribution is -0.132. The predicted octanol–water partition coefficient (Wildman–Crippen LogP) is 2.19. The zero-order chi connectivity index (χ0) is 19.5. The van der Waals surface area contributed by atoms with Gasteiger partial charge in [-0.15, -0.1) is 0 Å². The highest BCUT2D eigenvalue weighted by atomic mass is 16.2. The molecule has 3 N–H and O–H groups in total. The highest BCUT2D eigenvalue weighted by Crippen LogP contribution is 2.27. The number of H-pyrrole nitrogens is 1. The quantitative estimate of drug-likeness (QED) is 0.687. The fourth-order valence-electron chi connectivity index (χ4n) is 4.13. The van der Waals surface area contributed by atoms with E-state index in [1.807, 2.05) is 29.3 Å². The number of amides is 2. The van der Waals surface area contributed by atoms with Crippen molar-refractivity contribution in [2.75, 3.05) is 13.1 Å². The van der Waals surface area contributed by atoms with Crippen LogP contribution in [0.15, 0.2) is 42.9 Å². The highest BCUT2D eigenvalue weighted by Gasteiger charge is 2.27. The molecule has 1 aliphatic heterocycles. The van der Waals surface area contributed by atoms with E-state index in [4.69, 9.17) is 5.73 Å². The van der Waals surface area contributed by atoms with Gasteiger partial charge in [-0.25, -0.2) is 4.98 Å². The van der Waals surface area contributed by atoms with Gasteiger partial charge in [-0.05, 0) is 30.9 Å². The monoisotopic (exact) mass is 379 g/mol. The number of nitrogens with one attached hydrogen (secondary N) is 1. The third kappa shape index (κ3) is 3.78. The van der Waals surface area contributed by atoms with Crippen LogP contribution in [0.2, 0.25) is 0 Å². The van der Waals surface area contributed by atoms with Crippen molar-refractivity contribution in [1.82, 2.24) is 19.4 Å². The van der Waals surface area contributed by atoms with Crippen LogP contribution in [0, 0.1) is 0 Å². The highest BCUT2D eigenvalue weighted by molar-refractivity contribution is 5.84. The zero-order valence-electron chi connectivity index (χ0n) is 15.8. The molecule has 1 fully saturated rings. The van der Waals surface area contributed by atoms with Crippen molar-refractivity contribution in [3.05, 3.63) is 54.2 Å². The second-order valence-corrected chi connectivity index (χ2v) is 7.42. The summed E-state index contributed by atoms with van der Waals surface area (Å²) in [6.07, 6.45) is 8.57. The van der Waals surface area contributed by atoms with Crippen LogP contribution in [0.3, 0.4) is 0 Å². The molecule has 28 heavy (non-hydrogen) atoms. The van der Waals surface area contributed by atoms with E-state index in [1.165, 1.54) is 10.9 Å². The summed E-state index contributed by atoms with van der Waals surface area (Å²) in [7, 11) is 0. The van der Waals surface area contributed by atoms with E-state index >= 15 is 0 Å². The molecule has 7 heteroatoms. The molecular formula is C21H25N5O2. The number of imidazole rings is 1. The summed E-state index contributed by atoms with van der Waals surface area (Å²) in [5.74, 6) is 0.762. The van der Waals surface area contributed by atoms with Crippen LogP contribution in [0.25, 0.3) is 10.9 Å². The van der Waals surface area contributed by atoms with Crippen LogP contribution < -0.4 is 5.73 Å². The minimum Gasteiger partial charge on any atom is -0.368 e. The molecule has 2 aromatic heterocycles. The number of carbonyl (C=O) groups excluding carboxylic acids is 2. The molecule has 146 valence electrons. The van der Waals surface area contributed by atoms with Gasteiger partial charge in [0.1, 0.15) is 12.4 Å². The lowest BCUT2D eigenvalue weighted by Gasteiger charge is -2.32. The lowest BCUT2D eigenvalue weighted by Crippen LogP contribution is -2.40. The van der Waals surface area contributed by atoms with E-state index in [-0.39, 0.29) is 24.3 Å². The van der Waals surface area contributed by atoms with Gasteiger partial charge in [0.25, 0.3) is 0 Å². The number of aromatic amines is 1. The number of rotatable bonds is 6. The molecule has 3 aromatic rings. The minimum absolute atomic E-state index is 0.125. The molecular weight excluding hydrogens is 354 g/mol. The molecule has 0 bridgehead atoms. The summed E-state index contributed by atoms with van der Waals surface area (Å²) in [4.78, 5) is 33.7. The van der Waals surface area contributed by atoms with E-state index in [0.717, 1.165) is 37.1 Å². The first-order chi connectivity index (χ1) is 13.6. The summed E-state index contributed by atoms with van der Waals surface area (Å²) in [6.45, 7) is 1.54. The normalized spacial score (nSPS) is 17.1. The average Bonchev–Trinajstić information content (AvgIpc) is 3.32. The Morgan fingerprint density at radius 2 is 2.14 bits per heavy atom. The first-order valence-corrected chi connectivity index (χ1v) is 9.74. The molecule has 0 spiro atoms. The van der Waals surface area contributed by atoms with Crippen LogP contribution in [-0.2, 0) is 22.6 Å². The molecule has 3 heterocycles. The van der Waals surface area contributed by atoms with Gasteiger partial charge < -0.3 is 20.2 Å². The van der Waals surface area contributed by atoms with E-state index in [1.54, 1.807) is 17.0 Å². The molecule has 1 aromatic carbocycles. The Morgan fingerprint density at radius 3 is 3.00 bits per heavy atom. The number of primary amides is 1. The SMILES string of the molecule is NC(=O)Cn1ccnc1C1CCCN(C(=O)CCc2c[nH]c3ccccc23)C1. The molecule has 1 atom stereocenters. The van der Waals surface area contributed by atoms with Crippen molar-refractivity contribution in [3.63, 3.8) is 0 Å². The second-order valence-electron chi connectivity index (χ2n) is 7.42. The molecule has 0 saturated carbocycles. The zero-order valence-corrected chi connectivity index (χ0v) is 15.8. The summed E-state index contributed by atoms with van der Waals surface area (Å²) >= 11 is 0. The second kappa shape index (κ2) is 7.88. The van der Waals surface area contributed by atoms with Crippen molar-refractivity contribution >= 4 is 22.7 Å². The van der Waals surface area contributed by atoms with Crippen molar-refractivity contribution in [2.45, 2.75) is 38.1 Å². The number of hydrogen-bond donors (Lipinski definition) is 2. The molecule has 1 saturated heterocycles. The molecule has 7 nitrogen and oxygen atoms in total. The van der Waals surface area contributed by atoms with Crippen LogP contribution in [0.1, 0.15) is 36.6 Å². The summed E-state index contributed by atoms with van der Waals surface area (Å²) in [6, 6.07) is 8.15. The number of nitrogens with two attached hydrogens (primary N) is 1. The van der Waals surface area contributed by atoms with Gasteiger partial charge in [-0.3, -0.25) is 9.59 Å². The largest absolute Gasteiger partial charge is 0.368 e. The van der Waals surface area contributed by atoms with Crippen LogP contribution >= 0.6 is 0 Å². The van der Waals surface area contributed by atoms with E-state index < -0.39 is 0 Å². The number of para-hydroxylation sites is 1. The van der Waals surface area contributed by atoms with Crippen molar-refractivity contribution in [1.29, 1.82) is 0 Å². The topological polar surface area (TPSA) is 97.0 Å². The number of aromatic nitrogens is 3. The van der Waals surface area contributed by atoms with Gasteiger partial charge in [-0.2, -0.15) is 0 Å². The van der Waals surface area contributed by atoms with Crippen molar-refractivity contribution in [2.24, 2.45) is 5.73 Å². The summed E-state index contributed by atoms with van der Waals surface area (Å²) in [5.41, 5.74) is 7.61. The average molecular weight is 379 g/mol. The number of likely N-dealkylation sites (tertiary alicyclic amines) is 1. The number of hydrogen-bond acceptors (Lipinski definition) is 3. The van der Waals surface area contributed by atoms with Gasteiger partial charge in [0.2, 0.25) is 11.8 Å². The molecule has 1 unspecified atom stereocenters. The van der Waals surface area contributed by atoms with E-state index in [9.17, 15) is 9.59 Å². The maximum absolute atomic E-state index is 12.8. The third-order valence-corrected chi connectivity index (χ3v) is 5.50. The Balaban J connectivity index is 1.40. The fourth-order valence-corrected chi connectivity index (χ4v) is 4.13. The smallest absolute Gasteiger partial charge is 0.237 e. The Kier molecular flexibility index (Phi) is 5.14. The fraction of sp³-hybridized carbons (Fsp3) is 0.381. The van der Waals surface area contributed by atoms with Gasteiger partial charge in [-0.1, -0.05) is 18.2 Å². The molecule has 0 radical (unpaired) electrons. The first-order valence-electron chi connectivity index (χ1n) is 9.74. The van der Waals surface area contributed by atoms with Crippen molar-refractivity contribution in [3.8, 4) is 0 Å². The molecule has 1 aliphatic rings. The number of nitrogens with zero attached hydrogens (tertiary/aromatic N) is 3. The van der Waals surface area contributed by atoms with E-state index in [2.05, 4.69) is 16.0 Å². The molecule has 2 amide bonds. The van der Waals surface area contributed by atoms with Crippen LogP contribution in [0.5, 0.6) is 0 Å². The van der Waals surface area contributed by atoms with Gasteiger partial charge in [0.05, 0.1) is 0 Å². The first kappa shape index (κ1) is 18.3. The number of aryl methyl sites for hydroxylation is 1. The predicted molar refractivity (Wildman–Crippen MR) is 107 cm³/mol. The maximum atomic E-state index is 12.8. The third-order valence-electron chi connectivity index (χ3n) is 5.50. The molecule has 0 aliphatic carbocycles. The Bertz CT molecular complexity index is 990. The number of benzene rings is 1. The maximum Gasteiger partial charge on any atom is 0.237 e. The molecule has 4 rings (SSSR count). The Labute approximate surface area is 163 Å². The van der Waals surface area contributed by atoms with E-state index in [0.29, 0.717) is 13.0 Å². The number of fused-ring (bicyclic) bond motifs is 1.